The van der Waals surface area contributed by atoms with Crippen molar-refractivity contribution in [1.29, 1.82) is 0 Å². The highest BCUT2D eigenvalue weighted by atomic mass is 19.1. The highest BCUT2D eigenvalue weighted by molar-refractivity contribution is 5.81. The average molecular weight is 380 g/mol. The van der Waals surface area contributed by atoms with Crippen molar-refractivity contribution in [1.82, 2.24) is 14.9 Å². The summed E-state index contributed by atoms with van der Waals surface area (Å²) in [6.07, 6.45) is 4.12. The van der Waals surface area contributed by atoms with E-state index in [1.54, 1.807) is 18.3 Å². The molecule has 0 saturated carbocycles. The van der Waals surface area contributed by atoms with Crippen molar-refractivity contribution in [3.8, 4) is 5.75 Å². The van der Waals surface area contributed by atoms with E-state index in [9.17, 15) is 4.39 Å². The largest absolute Gasteiger partial charge is 0.493 e. The van der Waals surface area contributed by atoms with Crippen LogP contribution in [0.4, 0.5) is 16.0 Å². The molecule has 146 valence electrons. The zero-order chi connectivity index (χ0) is 19.5. The number of hydrogen-bond acceptors (Lipinski definition) is 5. The van der Waals surface area contributed by atoms with E-state index in [1.807, 2.05) is 19.1 Å². The highest BCUT2D eigenvalue weighted by Crippen LogP contribution is 2.27. The van der Waals surface area contributed by atoms with Crippen molar-refractivity contribution >= 4 is 22.5 Å². The fraction of sp³-hybridized carbons (Fsp3) is 0.364. The maximum Gasteiger partial charge on any atom is 0.227 e. The first-order valence-corrected chi connectivity index (χ1v) is 9.68. The van der Waals surface area contributed by atoms with Crippen LogP contribution in [0, 0.1) is 18.7 Å². The molecule has 3 aromatic rings. The van der Waals surface area contributed by atoms with Crippen molar-refractivity contribution in [2.24, 2.45) is 5.92 Å². The van der Waals surface area contributed by atoms with Crippen LogP contribution in [0.5, 0.6) is 5.75 Å². The summed E-state index contributed by atoms with van der Waals surface area (Å²) in [5.41, 5.74) is 2.50. The molecule has 1 fully saturated rings. The van der Waals surface area contributed by atoms with Gasteiger partial charge in [0.1, 0.15) is 11.6 Å². The van der Waals surface area contributed by atoms with Gasteiger partial charge in [0.25, 0.3) is 0 Å². The maximum atomic E-state index is 13.4. The number of rotatable bonds is 5. The standard InChI is InChI=1S/C22H25FN4O/c1-15-10-17-13-24-22(25-19-5-3-4-18(23)11-19)26-20(17)12-21(15)28-14-16-6-8-27(2)9-7-16/h3-5,10-13,16H,6-9,14H2,1-2H3,(H,24,25,26). The van der Waals surface area contributed by atoms with Crippen LogP contribution in [0.15, 0.2) is 42.6 Å². The van der Waals surface area contributed by atoms with E-state index in [4.69, 9.17) is 4.74 Å². The molecule has 0 amide bonds. The Kier molecular flexibility index (Phi) is 5.39. The first kappa shape index (κ1) is 18.6. The number of anilines is 2. The molecular formula is C22H25FN4O. The third-order valence-electron chi connectivity index (χ3n) is 5.27. The number of aryl methyl sites for hydroxylation is 1. The van der Waals surface area contributed by atoms with Gasteiger partial charge in [-0.05, 0) is 75.6 Å². The lowest BCUT2D eigenvalue weighted by Gasteiger charge is -2.28. The molecule has 1 saturated heterocycles. The number of nitrogens with one attached hydrogen (secondary N) is 1. The van der Waals surface area contributed by atoms with Crippen LogP contribution in [-0.2, 0) is 0 Å². The number of nitrogens with zero attached hydrogens (tertiary/aromatic N) is 3. The smallest absolute Gasteiger partial charge is 0.227 e. The van der Waals surface area contributed by atoms with Gasteiger partial charge in [-0.15, -0.1) is 0 Å². The van der Waals surface area contributed by atoms with Gasteiger partial charge < -0.3 is 15.0 Å². The molecular weight excluding hydrogens is 355 g/mol. The molecule has 0 atom stereocenters. The van der Waals surface area contributed by atoms with Gasteiger partial charge in [0.2, 0.25) is 5.95 Å². The molecule has 5 nitrogen and oxygen atoms in total. The summed E-state index contributed by atoms with van der Waals surface area (Å²) in [5.74, 6) is 1.60. The van der Waals surface area contributed by atoms with Crippen LogP contribution in [0.3, 0.4) is 0 Å². The summed E-state index contributed by atoms with van der Waals surface area (Å²) in [6.45, 7) is 5.04. The monoisotopic (exact) mass is 380 g/mol. The first-order chi connectivity index (χ1) is 13.6. The van der Waals surface area contributed by atoms with E-state index < -0.39 is 0 Å². The zero-order valence-corrected chi connectivity index (χ0v) is 16.3. The Hall–Kier alpha value is -2.73. The topological polar surface area (TPSA) is 50.3 Å². The molecule has 1 aliphatic rings. The summed E-state index contributed by atoms with van der Waals surface area (Å²) in [4.78, 5) is 11.3. The van der Waals surface area contributed by atoms with Gasteiger partial charge in [0, 0.05) is 23.3 Å². The van der Waals surface area contributed by atoms with Crippen molar-refractivity contribution in [3.05, 3.63) is 54.0 Å². The molecule has 2 aromatic carbocycles. The quantitative estimate of drug-likeness (QED) is 0.704. The maximum absolute atomic E-state index is 13.4. The third kappa shape index (κ3) is 4.39. The van der Waals surface area contributed by atoms with Crippen LogP contribution in [0.25, 0.3) is 10.9 Å². The second-order valence-corrected chi connectivity index (χ2v) is 7.56. The lowest BCUT2D eigenvalue weighted by molar-refractivity contribution is 0.159. The fourth-order valence-corrected chi connectivity index (χ4v) is 3.52. The minimum atomic E-state index is -0.300. The van der Waals surface area contributed by atoms with Crippen LogP contribution in [0.1, 0.15) is 18.4 Å². The van der Waals surface area contributed by atoms with E-state index in [1.165, 1.54) is 25.0 Å². The molecule has 0 spiro atoms. The molecule has 2 heterocycles. The number of likely N-dealkylation sites (tertiary alicyclic amines) is 1. The number of aromatic nitrogens is 2. The van der Waals surface area contributed by atoms with Gasteiger partial charge in [0.05, 0.1) is 12.1 Å². The number of ether oxygens (including phenoxy) is 1. The number of piperidine rings is 1. The Morgan fingerprint density at radius 3 is 2.82 bits per heavy atom. The molecule has 1 aliphatic heterocycles. The number of fused-ring (bicyclic) bond motifs is 1. The van der Waals surface area contributed by atoms with Gasteiger partial charge in [-0.3, -0.25) is 0 Å². The lowest BCUT2D eigenvalue weighted by atomic mass is 9.98. The van der Waals surface area contributed by atoms with Crippen LogP contribution in [-0.4, -0.2) is 41.6 Å². The second-order valence-electron chi connectivity index (χ2n) is 7.56. The Morgan fingerprint density at radius 1 is 1.21 bits per heavy atom. The summed E-state index contributed by atoms with van der Waals surface area (Å²) in [6, 6.07) is 10.3. The zero-order valence-electron chi connectivity index (χ0n) is 16.3. The Labute approximate surface area is 164 Å². The van der Waals surface area contributed by atoms with Gasteiger partial charge in [-0.1, -0.05) is 6.07 Å². The fourth-order valence-electron chi connectivity index (χ4n) is 3.52. The van der Waals surface area contributed by atoms with E-state index in [2.05, 4.69) is 27.2 Å². The second kappa shape index (κ2) is 8.10. The Balaban J connectivity index is 1.50. The van der Waals surface area contributed by atoms with Crippen LogP contribution < -0.4 is 10.1 Å². The average Bonchev–Trinajstić information content (AvgIpc) is 2.68. The third-order valence-corrected chi connectivity index (χ3v) is 5.27. The molecule has 0 aliphatic carbocycles. The van der Waals surface area contributed by atoms with Crippen molar-refractivity contribution in [3.63, 3.8) is 0 Å². The molecule has 1 aromatic heterocycles. The Morgan fingerprint density at radius 2 is 2.04 bits per heavy atom. The van der Waals surface area contributed by atoms with Gasteiger partial charge in [-0.2, -0.15) is 0 Å². The summed E-state index contributed by atoms with van der Waals surface area (Å²) in [7, 11) is 2.17. The molecule has 4 rings (SSSR count). The lowest BCUT2D eigenvalue weighted by Crippen LogP contribution is -2.32. The first-order valence-electron chi connectivity index (χ1n) is 9.68. The van der Waals surface area contributed by atoms with Crippen LogP contribution >= 0.6 is 0 Å². The minimum Gasteiger partial charge on any atom is -0.493 e. The Bertz CT molecular complexity index is 970. The normalized spacial score (nSPS) is 15.7. The predicted octanol–water partition coefficient (Wildman–Crippen LogP) is 4.54. The van der Waals surface area contributed by atoms with Gasteiger partial charge in [0.15, 0.2) is 0 Å². The molecule has 28 heavy (non-hydrogen) atoms. The highest BCUT2D eigenvalue weighted by Gasteiger charge is 2.17. The molecule has 0 radical (unpaired) electrons. The molecule has 0 unspecified atom stereocenters. The number of hydrogen-bond donors (Lipinski definition) is 1. The van der Waals surface area contributed by atoms with E-state index in [0.717, 1.165) is 41.9 Å². The predicted molar refractivity (Wildman–Crippen MR) is 110 cm³/mol. The van der Waals surface area contributed by atoms with Crippen molar-refractivity contribution in [2.75, 3.05) is 32.1 Å². The van der Waals surface area contributed by atoms with E-state index >= 15 is 0 Å². The SMILES string of the molecule is Cc1cc2cnc(Nc3cccc(F)c3)nc2cc1OCC1CCN(C)CC1. The molecule has 0 bridgehead atoms. The van der Waals surface area contributed by atoms with E-state index in [-0.39, 0.29) is 5.82 Å². The van der Waals surface area contributed by atoms with E-state index in [0.29, 0.717) is 17.6 Å². The number of halogens is 1. The van der Waals surface area contributed by atoms with Crippen molar-refractivity contribution in [2.45, 2.75) is 19.8 Å². The minimum absolute atomic E-state index is 0.300. The molecule has 6 heteroatoms. The van der Waals surface area contributed by atoms with Crippen molar-refractivity contribution < 1.29 is 9.13 Å². The number of benzene rings is 2. The summed E-state index contributed by atoms with van der Waals surface area (Å²) < 4.78 is 19.5. The van der Waals surface area contributed by atoms with Crippen LogP contribution in [0.2, 0.25) is 0 Å². The van der Waals surface area contributed by atoms with Gasteiger partial charge in [-0.25, -0.2) is 14.4 Å². The molecule has 1 N–H and O–H groups in total. The summed E-state index contributed by atoms with van der Waals surface area (Å²) >= 11 is 0. The summed E-state index contributed by atoms with van der Waals surface area (Å²) in [5, 5.41) is 4.00. The van der Waals surface area contributed by atoms with Gasteiger partial charge >= 0.3 is 0 Å².